The molecule has 122 valence electrons. The molecule has 3 rings (SSSR count). The van der Waals surface area contributed by atoms with Gasteiger partial charge in [-0.1, -0.05) is 23.7 Å². The van der Waals surface area contributed by atoms with Gasteiger partial charge in [-0.2, -0.15) is 5.10 Å². The van der Waals surface area contributed by atoms with E-state index in [0.29, 0.717) is 18.3 Å². The standard InChI is InChI=1S/C17H21ClN4O/c1-22-10-2-3-16(22)14-11-15(21-20-14)17(23)19-9-8-12-4-6-13(18)7-5-12/h4-7,11,16H,2-3,8-10H2,1H3,(H,19,23)(H,20,21). The van der Waals surface area contributed by atoms with Gasteiger partial charge >= 0.3 is 0 Å². The molecule has 1 aromatic heterocycles. The van der Waals surface area contributed by atoms with E-state index in [1.165, 1.54) is 6.42 Å². The molecule has 1 aromatic carbocycles. The first-order valence-electron chi connectivity index (χ1n) is 7.91. The summed E-state index contributed by atoms with van der Waals surface area (Å²) in [5.74, 6) is -0.137. The lowest BCUT2D eigenvalue weighted by Crippen LogP contribution is -2.26. The number of benzene rings is 1. The third-order valence-corrected chi connectivity index (χ3v) is 4.57. The quantitative estimate of drug-likeness (QED) is 0.885. The Kier molecular flexibility index (Phi) is 4.98. The lowest BCUT2D eigenvalue weighted by atomic mass is 10.1. The molecule has 0 saturated carbocycles. The van der Waals surface area contributed by atoms with Crippen molar-refractivity contribution in [1.82, 2.24) is 20.4 Å². The number of carbonyl (C=O) groups excluding carboxylic acids is 1. The number of H-pyrrole nitrogens is 1. The van der Waals surface area contributed by atoms with E-state index in [1.54, 1.807) is 0 Å². The van der Waals surface area contributed by atoms with Crippen LogP contribution in [0.5, 0.6) is 0 Å². The van der Waals surface area contributed by atoms with E-state index in [9.17, 15) is 4.79 Å². The van der Waals surface area contributed by atoms with Crippen LogP contribution in [0.2, 0.25) is 5.02 Å². The van der Waals surface area contributed by atoms with Crippen LogP contribution in [0.3, 0.4) is 0 Å². The third kappa shape index (κ3) is 3.92. The molecule has 1 amide bonds. The maximum Gasteiger partial charge on any atom is 0.271 e. The molecule has 1 saturated heterocycles. The van der Waals surface area contributed by atoms with Crippen LogP contribution in [0.25, 0.3) is 0 Å². The molecule has 0 spiro atoms. The number of aromatic amines is 1. The molecule has 23 heavy (non-hydrogen) atoms. The second-order valence-electron chi connectivity index (χ2n) is 5.98. The van der Waals surface area contributed by atoms with Gasteiger partial charge in [0.05, 0.1) is 11.7 Å². The maximum atomic E-state index is 12.2. The number of hydrogen-bond donors (Lipinski definition) is 2. The molecule has 5 nitrogen and oxygen atoms in total. The molecule has 1 aliphatic heterocycles. The zero-order valence-electron chi connectivity index (χ0n) is 13.2. The van der Waals surface area contributed by atoms with Gasteiger partial charge in [0.25, 0.3) is 5.91 Å². The molecule has 1 unspecified atom stereocenters. The van der Waals surface area contributed by atoms with Crippen LogP contribution in [-0.2, 0) is 6.42 Å². The fourth-order valence-corrected chi connectivity index (χ4v) is 3.11. The Morgan fingerprint density at radius 3 is 2.91 bits per heavy atom. The van der Waals surface area contributed by atoms with Crippen LogP contribution < -0.4 is 5.32 Å². The topological polar surface area (TPSA) is 61.0 Å². The van der Waals surface area contributed by atoms with Crippen molar-refractivity contribution in [1.29, 1.82) is 0 Å². The van der Waals surface area contributed by atoms with Crippen LogP contribution in [0.15, 0.2) is 30.3 Å². The first-order valence-corrected chi connectivity index (χ1v) is 8.29. The second kappa shape index (κ2) is 7.15. The van der Waals surface area contributed by atoms with Gasteiger partial charge < -0.3 is 5.32 Å². The molecule has 6 heteroatoms. The Morgan fingerprint density at radius 2 is 2.22 bits per heavy atom. The van der Waals surface area contributed by atoms with E-state index in [-0.39, 0.29) is 5.91 Å². The molecule has 2 aromatic rings. The summed E-state index contributed by atoms with van der Waals surface area (Å²) in [4.78, 5) is 14.5. The SMILES string of the molecule is CN1CCCC1c1cc(C(=O)NCCc2ccc(Cl)cc2)n[nH]1. The van der Waals surface area contributed by atoms with Crippen LogP contribution in [0.1, 0.15) is 40.6 Å². The zero-order valence-corrected chi connectivity index (χ0v) is 13.9. The van der Waals surface area contributed by atoms with Crippen molar-refractivity contribution in [2.75, 3.05) is 20.1 Å². The predicted octanol–water partition coefficient (Wildman–Crippen LogP) is 2.80. The molecule has 0 bridgehead atoms. The number of aromatic nitrogens is 2. The highest BCUT2D eigenvalue weighted by Crippen LogP contribution is 2.29. The highest BCUT2D eigenvalue weighted by Gasteiger charge is 2.25. The normalized spacial score (nSPS) is 18.3. The average molecular weight is 333 g/mol. The summed E-state index contributed by atoms with van der Waals surface area (Å²) in [6.45, 7) is 1.66. The van der Waals surface area contributed by atoms with Gasteiger partial charge in [0.15, 0.2) is 0 Å². The largest absolute Gasteiger partial charge is 0.350 e. The Bertz CT molecular complexity index is 667. The van der Waals surface area contributed by atoms with Gasteiger partial charge in [-0.15, -0.1) is 0 Å². The van der Waals surface area contributed by atoms with Crippen LogP contribution in [-0.4, -0.2) is 41.1 Å². The van der Waals surface area contributed by atoms with Gasteiger partial charge in [-0.25, -0.2) is 0 Å². The lowest BCUT2D eigenvalue weighted by molar-refractivity contribution is 0.0949. The zero-order chi connectivity index (χ0) is 16.2. The number of carbonyl (C=O) groups is 1. The molecular formula is C17H21ClN4O. The van der Waals surface area contributed by atoms with Gasteiger partial charge in [0.2, 0.25) is 0 Å². The van der Waals surface area contributed by atoms with Crippen LogP contribution in [0, 0.1) is 0 Å². The molecule has 0 radical (unpaired) electrons. The average Bonchev–Trinajstić information content (AvgIpc) is 3.17. The molecule has 2 heterocycles. The summed E-state index contributed by atoms with van der Waals surface area (Å²) in [6.07, 6.45) is 3.06. The first-order chi connectivity index (χ1) is 11.1. The van der Waals surface area contributed by atoms with Crippen molar-refractivity contribution in [3.05, 3.63) is 52.3 Å². The van der Waals surface area contributed by atoms with Crippen molar-refractivity contribution in [3.8, 4) is 0 Å². The molecule has 2 N–H and O–H groups in total. The first kappa shape index (κ1) is 16.0. The number of nitrogens with zero attached hydrogens (tertiary/aromatic N) is 2. The Hall–Kier alpha value is -1.85. The van der Waals surface area contributed by atoms with E-state index in [1.807, 2.05) is 30.3 Å². The highest BCUT2D eigenvalue weighted by molar-refractivity contribution is 6.30. The van der Waals surface area contributed by atoms with Gasteiger partial charge in [0.1, 0.15) is 5.69 Å². The number of nitrogens with one attached hydrogen (secondary N) is 2. The molecule has 1 aliphatic rings. The third-order valence-electron chi connectivity index (χ3n) is 4.32. The van der Waals surface area contributed by atoms with Crippen molar-refractivity contribution < 1.29 is 4.79 Å². The van der Waals surface area contributed by atoms with E-state index < -0.39 is 0 Å². The number of hydrogen-bond acceptors (Lipinski definition) is 3. The molecule has 0 aliphatic carbocycles. The Labute approximate surface area is 141 Å². The highest BCUT2D eigenvalue weighted by atomic mass is 35.5. The second-order valence-corrected chi connectivity index (χ2v) is 6.42. The van der Waals surface area contributed by atoms with E-state index in [0.717, 1.165) is 35.7 Å². The predicted molar refractivity (Wildman–Crippen MR) is 90.7 cm³/mol. The lowest BCUT2D eigenvalue weighted by Gasteiger charge is -2.16. The summed E-state index contributed by atoms with van der Waals surface area (Å²) < 4.78 is 0. The number of rotatable bonds is 5. The summed E-state index contributed by atoms with van der Waals surface area (Å²) in [5.41, 5.74) is 2.62. The summed E-state index contributed by atoms with van der Waals surface area (Å²) in [6, 6.07) is 9.87. The summed E-state index contributed by atoms with van der Waals surface area (Å²) >= 11 is 5.86. The minimum Gasteiger partial charge on any atom is -0.350 e. The fourth-order valence-electron chi connectivity index (χ4n) is 2.99. The van der Waals surface area contributed by atoms with E-state index >= 15 is 0 Å². The monoisotopic (exact) mass is 332 g/mol. The minimum absolute atomic E-state index is 0.137. The molecule has 1 atom stereocenters. The van der Waals surface area contributed by atoms with Gasteiger partial charge in [-0.3, -0.25) is 14.8 Å². The number of halogens is 1. The number of likely N-dealkylation sites (tertiary alicyclic amines) is 1. The van der Waals surface area contributed by atoms with Gasteiger partial charge in [0, 0.05) is 11.6 Å². The number of amides is 1. The smallest absolute Gasteiger partial charge is 0.271 e. The van der Waals surface area contributed by atoms with E-state index in [2.05, 4.69) is 27.5 Å². The van der Waals surface area contributed by atoms with Crippen molar-refractivity contribution in [3.63, 3.8) is 0 Å². The Balaban J connectivity index is 1.52. The minimum atomic E-state index is -0.137. The van der Waals surface area contributed by atoms with Crippen molar-refractivity contribution in [2.45, 2.75) is 25.3 Å². The fraction of sp³-hybridized carbons (Fsp3) is 0.412. The van der Waals surface area contributed by atoms with Crippen LogP contribution in [0.4, 0.5) is 0 Å². The Morgan fingerprint density at radius 1 is 1.43 bits per heavy atom. The van der Waals surface area contributed by atoms with Gasteiger partial charge in [-0.05, 0) is 56.6 Å². The van der Waals surface area contributed by atoms with Crippen molar-refractivity contribution >= 4 is 17.5 Å². The summed E-state index contributed by atoms with van der Waals surface area (Å²) in [7, 11) is 2.10. The maximum absolute atomic E-state index is 12.2. The molecular weight excluding hydrogens is 312 g/mol. The van der Waals surface area contributed by atoms with Crippen LogP contribution >= 0.6 is 11.6 Å². The van der Waals surface area contributed by atoms with Crippen molar-refractivity contribution in [2.24, 2.45) is 0 Å². The molecule has 1 fully saturated rings. The summed E-state index contributed by atoms with van der Waals surface area (Å²) in [5, 5.41) is 10.8. The van der Waals surface area contributed by atoms with E-state index in [4.69, 9.17) is 11.6 Å².